The standard InChI is InChI=1S/C12H16N4O/c17-12(10-3-4-14-15-7-10)16-5-1-2-9-6-13-8-11(9)16/h3-4,7,9,11,13H,1-2,5-6,8H2. The van der Waals surface area contributed by atoms with Crippen LogP contribution in [0, 0.1) is 5.92 Å². The summed E-state index contributed by atoms with van der Waals surface area (Å²) < 4.78 is 0. The van der Waals surface area contributed by atoms with E-state index >= 15 is 0 Å². The highest BCUT2D eigenvalue weighted by molar-refractivity contribution is 5.94. The van der Waals surface area contributed by atoms with E-state index in [1.165, 1.54) is 6.42 Å². The lowest BCUT2D eigenvalue weighted by Gasteiger charge is -2.37. The molecule has 2 aliphatic heterocycles. The molecule has 0 radical (unpaired) electrons. The van der Waals surface area contributed by atoms with Crippen molar-refractivity contribution >= 4 is 5.91 Å². The third-order valence-electron chi connectivity index (χ3n) is 3.77. The Labute approximate surface area is 100 Å². The molecule has 0 bridgehead atoms. The lowest BCUT2D eigenvalue weighted by molar-refractivity contribution is 0.0574. The molecule has 2 fully saturated rings. The van der Waals surface area contributed by atoms with Gasteiger partial charge in [-0.25, -0.2) is 0 Å². The van der Waals surface area contributed by atoms with Crippen LogP contribution in [0.1, 0.15) is 23.2 Å². The van der Waals surface area contributed by atoms with Gasteiger partial charge in [0.2, 0.25) is 0 Å². The first-order valence-electron chi connectivity index (χ1n) is 6.14. The van der Waals surface area contributed by atoms with Crippen molar-refractivity contribution in [1.82, 2.24) is 20.4 Å². The Morgan fingerprint density at radius 3 is 3.18 bits per heavy atom. The number of hydrogen-bond acceptors (Lipinski definition) is 4. The maximum atomic E-state index is 12.4. The van der Waals surface area contributed by atoms with E-state index in [0.29, 0.717) is 17.5 Å². The van der Waals surface area contributed by atoms with Gasteiger partial charge in [-0.1, -0.05) is 0 Å². The van der Waals surface area contributed by atoms with E-state index < -0.39 is 0 Å². The zero-order valence-electron chi connectivity index (χ0n) is 9.67. The lowest BCUT2D eigenvalue weighted by atomic mass is 9.91. The van der Waals surface area contributed by atoms with Crippen molar-refractivity contribution in [3.63, 3.8) is 0 Å². The van der Waals surface area contributed by atoms with E-state index in [4.69, 9.17) is 0 Å². The summed E-state index contributed by atoms with van der Waals surface area (Å²) in [5, 5.41) is 10.9. The number of carbonyl (C=O) groups excluding carboxylic acids is 1. The summed E-state index contributed by atoms with van der Waals surface area (Å²) in [4.78, 5) is 14.4. The van der Waals surface area contributed by atoms with Crippen LogP contribution in [-0.4, -0.2) is 46.7 Å². The average Bonchev–Trinajstić information content (AvgIpc) is 2.87. The Kier molecular flexibility index (Phi) is 2.76. The summed E-state index contributed by atoms with van der Waals surface area (Å²) >= 11 is 0. The highest BCUT2D eigenvalue weighted by Crippen LogP contribution is 2.27. The molecule has 1 aromatic rings. The fourth-order valence-electron chi connectivity index (χ4n) is 2.90. The second kappa shape index (κ2) is 4.41. The summed E-state index contributed by atoms with van der Waals surface area (Å²) in [5.74, 6) is 0.723. The molecule has 5 heteroatoms. The second-order valence-corrected chi connectivity index (χ2v) is 4.76. The highest BCUT2D eigenvalue weighted by Gasteiger charge is 2.37. The minimum absolute atomic E-state index is 0.0956. The molecule has 1 N–H and O–H groups in total. The predicted molar refractivity (Wildman–Crippen MR) is 62.5 cm³/mol. The number of hydrogen-bond donors (Lipinski definition) is 1. The summed E-state index contributed by atoms with van der Waals surface area (Å²) in [6.07, 6.45) is 5.46. The molecule has 0 aliphatic carbocycles. The molecule has 90 valence electrons. The zero-order valence-corrected chi connectivity index (χ0v) is 9.67. The molecule has 3 rings (SSSR count). The van der Waals surface area contributed by atoms with Crippen LogP contribution in [-0.2, 0) is 0 Å². The number of likely N-dealkylation sites (tertiary alicyclic amines) is 1. The van der Waals surface area contributed by atoms with Crippen LogP contribution in [0.4, 0.5) is 0 Å². The van der Waals surface area contributed by atoms with E-state index in [1.54, 1.807) is 18.5 Å². The maximum Gasteiger partial charge on any atom is 0.255 e. The van der Waals surface area contributed by atoms with Gasteiger partial charge in [0.25, 0.3) is 5.91 Å². The number of piperidine rings is 1. The number of aromatic nitrogens is 2. The average molecular weight is 232 g/mol. The maximum absolute atomic E-state index is 12.4. The predicted octanol–water partition coefficient (Wildman–Crippen LogP) is 0.301. The molecule has 2 saturated heterocycles. The first-order chi connectivity index (χ1) is 8.36. The molecule has 3 heterocycles. The van der Waals surface area contributed by atoms with Crippen molar-refractivity contribution < 1.29 is 4.79 Å². The van der Waals surface area contributed by atoms with Gasteiger partial charge in [-0.2, -0.15) is 10.2 Å². The molecule has 0 saturated carbocycles. The van der Waals surface area contributed by atoms with Gasteiger partial charge in [-0.15, -0.1) is 0 Å². The molecular weight excluding hydrogens is 216 g/mol. The van der Waals surface area contributed by atoms with Crippen molar-refractivity contribution in [2.24, 2.45) is 5.92 Å². The smallest absolute Gasteiger partial charge is 0.255 e. The fourth-order valence-corrected chi connectivity index (χ4v) is 2.90. The summed E-state index contributed by atoms with van der Waals surface area (Å²) in [6.45, 7) is 2.84. The Hall–Kier alpha value is -1.49. The fraction of sp³-hybridized carbons (Fsp3) is 0.583. The Morgan fingerprint density at radius 2 is 2.35 bits per heavy atom. The van der Waals surface area contributed by atoms with Gasteiger partial charge in [-0.3, -0.25) is 4.79 Å². The Bertz CT molecular complexity index is 408. The summed E-state index contributed by atoms with van der Waals surface area (Å²) in [6, 6.07) is 2.10. The molecule has 1 aromatic heterocycles. The minimum atomic E-state index is 0.0956. The van der Waals surface area contributed by atoms with Gasteiger partial charge in [0.15, 0.2) is 0 Å². The van der Waals surface area contributed by atoms with E-state index in [9.17, 15) is 4.79 Å². The topological polar surface area (TPSA) is 58.1 Å². The van der Waals surface area contributed by atoms with Gasteiger partial charge in [0.05, 0.1) is 18.0 Å². The summed E-state index contributed by atoms with van der Waals surface area (Å²) in [7, 11) is 0. The third kappa shape index (κ3) is 1.91. The van der Waals surface area contributed by atoms with Crippen LogP contribution in [0.25, 0.3) is 0 Å². The molecule has 0 spiro atoms. The normalized spacial score (nSPS) is 27.9. The van der Waals surface area contributed by atoms with Crippen molar-refractivity contribution in [2.45, 2.75) is 18.9 Å². The van der Waals surface area contributed by atoms with Gasteiger partial charge in [0.1, 0.15) is 0 Å². The van der Waals surface area contributed by atoms with Gasteiger partial charge in [0, 0.05) is 25.7 Å². The molecule has 0 aromatic carbocycles. The third-order valence-corrected chi connectivity index (χ3v) is 3.77. The van der Waals surface area contributed by atoms with Gasteiger partial charge >= 0.3 is 0 Å². The number of amides is 1. The Balaban J connectivity index is 1.81. The van der Waals surface area contributed by atoms with Crippen LogP contribution in [0.2, 0.25) is 0 Å². The number of carbonyl (C=O) groups is 1. The summed E-state index contributed by atoms with van der Waals surface area (Å²) in [5.41, 5.74) is 0.646. The second-order valence-electron chi connectivity index (χ2n) is 4.76. The number of nitrogens with zero attached hydrogens (tertiary/aromatic N) is 3. The van der Waals surface area contributed by atoms with Crippen LogP contribution in [0.15, 0.2) is 18.5 Å². The van der Waals surface area contributed by atoms with E-state index in [2.05, 4.69) is 15.5 Å². The number of rotatable bonds is 1. The minimum Gasteiger partial charge on any atom is -0.334 e. The Morgan fingerprint density at radius 1 is 1.41 bits per heavy atom. The van der Waals surface area contributed by atoms with E-state index in [1.807, 2.05) is 4.90 Å². The monoisotopic (exact) mass is 232 g/mol. The molecule has 2 atom stereocenters. The molecular formula is C12H16N4O. The van der Waals surface area contributed by atoms with Crippen molar-refractivity contribution in [3.8, 4) is 0 Å². The molecule has 17 heavy (non-hydrogen) atoms. The van der Waals surface area contributed by atoms with Crippen molar-refractivity contribution in [1.29, 1.82) is 0 Å². The van der Waals surface area contributed by atoms with Crippen molar-refractivity contribution in [2.75, 3.05) is 19.6 Å². The lowest BCUT2D eigenvalue weighted by Crippen LogP contribution is -2.48. The zero-order chi connectivity index (χ0) is 11.7. The van der Waals surface area contributed by atoms with Crippen LogP contribution >= 0.6 is 0 Å². The van der Waals surface area contributed by atoms with Crippen LogP contribution in [0.5, 0.6) is 0 Å². The molecule has 5 nitrogen and oxygen atoms in total. The van der Waals surface area contributed by atoms with Gasteiger partial charge in [-0.05, 0) is 24.8 Å². The quantitative estimate of drug-likeness (QED) is 0.756. The number of fused-ring (bicyclic) bond motifs is 1. The van der Waals surface area contributed by atoms with E-state index in [0.717, 1.165) is 26.1 Å². The number of nitrogens with one attached hydrogen (secondary N) is 1. The van der Waals surface area contributed by atoms with Crippen molar-refractivity contribution in [3.05, 3.63) is 24.0 Å². The highest BCUT2D eigenvalue weighted by atomic mass is 16.2. The SMILES string of the molecule is O=C(c1ccnnc1)N1CCCC2CNCC21. The largest absolute Gasteiger partial charge is 0.334 e. The molecule has 2 aliphatic rings. The molecule has 1 amide bonds. The van der Waals surface area contributed by atoms with E-state index in [-0.39, 0.29) is 5.91 Å². The van der Waals surface area contributed by atoms with Gasteiger partial charge < -0.3 is 10.2 Å². The first kappa shape index (κ1) is 10.7. The van der Waals surface area contributed by atoms with Crippen LogP contribution in [0.3, 0.4) is 0 Å². The van der Waals surface area contributed by atoms with Crippen LogP contribution < -0.4 is 5.32 Å². The first-order valence-corrected chi connectivity index (χ1v) is 6.14. The molecule has 2 unspecified atom stereocenters.